The van der Waals surface area contributed by atoms with Crippen molar-refractivity contribution < 1.29 is 42.9 Å². The van der Waals surface area contributed by atoms with E-state index in [0.29, 0.717) is 17.4 Å². The van der Waals surface area contributed by atoms with E-state index in [1.165, 1.54) is 96.3 Å². The molecule has 58 heavy (non-hydrogen) atoms. The van der Waals surface area contributed by atoms with E-state index in [2.05, 4.69) is 56.4 Å². The van der Waals surface area contributed by atoms with Crippen molar-refractivity contribution in [3.8, 4) is 0 Å². The van der Waals surface area contributed by atoms with Crippen molar-refractivity contribution in [3.63, 3.8) is 0 Å². The predicted molar refractivity (Wildman–Crippen MR) is 240 cm³/mol. The Hall–Kier alpha value is -3.01. The lowest BCUT2D eigenvalue weighted by molar-refractivity contribution is -0.870. The molecule has 1 N–H and O–H groups in total. The van der Waals surface area contributed by atoms with E-state index < -0.39 is 24.3 Å². The maximum atomic E-state index is 12.7. The van der Waals surface area contributed by atoms with E-state index in [-0.39, 0.29) is 38.6 Å². The summed E-state index contributed by atoms with van der Waals surface area (Å²) in [6.45, 7) is 4.64. The van der Waals surface area contributed by atoms with Gasteiger partial charge in [-0.1, -0.05) is 184 Å². The van der Waals surface area contributed by atoms with Crippen molar-refractivity contribution in [2.24, 2.45) is 0 Å². The summed E-state index contributed by atoms with van der Waals surface area (Å²) in [4.78, 5) is 37.0. The Bertz CT molecular complexity index is 1140. The monoisotopic (exact) mass is 817 g/mol. The molecule has 0 aromatic carbocycles. The van der Waals surface area contributed by atoms with Crippen molar-refractivity contribution in [2.75, 3.05) is 47.5 Å². The quantitative estimate of drug-likeness (QED) is 0.0214. The number of aliphatic carboxylic acids is 1. The minimum Gasteiger partial charge on any atom is -0.477 e. The van der Waals surface area contributed by atoms with Crippen LogP contribution in [0.4, 0.5) is 0 Å². The molecule has 2 atom stereocenters. The Kier molecular flexibility index (Phi) is 38.6. The summed E-state index contributed by atoms with van der Waals surface area (Å²) >= 11 is 0. The SMILES string of the molecule is CC/C=C\C/C=C\C/C=C\C/C=C\C/C=C\CC(=O)OC(COC(=O)CCCCCCCCCCCCCCCCCCCC)COC(OCC[N+](C)(C)C)C(=O)O. The highest BCUT2D eigenvalue weighted by molar-refractivity contribution is 5.72. The van der Waals surface area contributed by atoms with Gasteiger partial charge in [0.25, 0.3) is 6.29 Å². The second-order valence-corrected chi connectivity index (χ2v) is 16.4. The molecule has 0 saturated heterocycles. The van der Waals surface area contributed by atoms with Gasteiger partial charge in [-0.15, -0.1) is 0 Å². The summed E-state index contributed by atoms with van der Waals surface area (Å²) in [6, 6.07) is 0. The Balaban J connectivity index is 4.51. The Labute approximate surface area is 355 Å². The molecule has 0 aliphatic carbocycles. The van der Waals surface area contributed by atoms with Gasteiger partial charge < -0.3 is 28.5 Å². The fraction of sp³-hybridized carbons (Fsp3) is 0.735. The number of carboxylic acid groups (broad SMARTS) is 1. The average Bonchev–Trinajstić information content (AvgIpc) is 3.18. The van der Waals surface area contributed by atoms with Crippen LogP contribution in [0.1, 0.15) is 174 Å². The van der Waals surface area contributed by atoms with Gasteiger partial charge in [0.1, 0.15) is 13.2 Å². The zero-order valence-electron chi connectivity index (χ0n) is 37.7. The lowest BCUT2D eigenvalue weighted by atomic mass is 10.0. The summed E-state index contributed by atoms with van der Waals surface area (Å²) in [6.07, 6.45) is 46.0. The highest BCUT2D eigenvalue weighted by atomic mass is 16.7. The van der Waals surface area contributed by atoms with Crippen molar-refractivity contribution >= 4 is 17.9 Å². The molecule has 0 spiro atoms. The number of nitrogens with zero attached hydrogens (tertiary/aromatic N) is 1. The number of hydrogen-bond donors (Lipinski definition) is 1. The van der Waals surface area contributed by atoms with Crippen LogP contribution in [-0.2, 0) is 33.3 Å². The van der Waals surface area contributed by atoms with Crippen molar-refractivity contribution in [2.45, 2.75) is 187 Å². The molecule has 0 saturated carbocycles. The summed E-state index contributed by atoms with van der Waals surface area (Å²) in [5, 5.41) is 9.63. The zero-order valence-corrected chi connectivity index (χ0v) is 37.7. The van der Waals surface area contributed by atoms with Crippen molar-refractivity contribution in [3.05, 3.63) is 60.8 Å². The summed E-state index contributed by atoms with van der Waals surface area (Å²) in [5.74, 6) is -2.17. The average molecular weight is 817 g/mol. The number of allylic oxidation sites excluding steroid dienone is 9. The number of likely N-dealkylation sites (N-methyl/N-ethyl adjacent to an activating group) is 1. The minimum absolute atomic E-state index is 0.0274. The molecule has 9 heteroatoms. The maximum absolute atomic E-state index is 12.7. The molecule has 0 aromatic rings. The van der Waals surface area contributed by atoms with Crippen LogP contribution in [0.25, 0.3) is 0 Å². The van der Waals surface area contributed by atoms with Crippen LogP contribution in [-0.4, -0.2) is 87.4 Å². The number of carboxylic acids is 1. The maximum Gasteiger partial charge on any atom is 0.361 e. The molecule has 2 unspecified atom stereocenters. The van der Waals surface area contributed by atoms with E-state index in [1.54, 1.807) is 6.08 Å². The number of carbonyl (C=O) groups excluding carboxylic acids is 2. The number of esters is 2. The highest BCUT2D eigenvalue weighted by Gasteiger charge is 2.25. The number of carbonyl (C=O) groups is 3. The van der Waals surface area contributed by atoms with Gasteiger partial charge in [-0.2, -0.15) is 0 Å². The lowest BCUT2D eigenvalue weighted by Crippen LogP contribution is -2.40. The van der Waals surface area contributed by atoms with Crippen LogP contribution in [0, 0.1) is 0 Å². The minimum atomic E-state index is -1.53. The number of quaternary nitrogens is 1. The number of rotatable bonds is 41. The molecule has 0 bridgehead atoms. The van der Waals surface area contributed by atoms with Crippen LogP contribution in [0.5, 0.6) is 0 Å². The van der Waals surface area contributed by atoms with E-state index >= 15 is 0 Å². The van der Waals surface area contributed by atoms with Gasteiger partial charge in [0.15, 0.2) is 6.10 Å². The molecular formula is C49H86NO8+. The molecule has 0 heterocycles. The summed E-state index contributed by atoms with van der Waals surface area (Å²) < 4.78 is 22.6. The third kappa shape index (κ3) is 41.2. The van der Waals surface area contributed by atoms with Gasteiger partial charge in [-0.25, -0.2) is 4.79 Å². The van der Waals surface area contributed by atoms with Crippen LogP contribution >= 0.6 is 0 Å². The highest BCUT2D eigenvalue weighted by Crippen LogP contribution is 2.15. The van der Waals surface area contributed by atoms with E-state index in [0.717, 1.165) is 44.9 Å². The van der Waals surface area contributed by atoms with Crippen molar-refractivity contribution in [1.29, 1.82) is 0 Å². The fourth-order valence-corrected chi connectivity index (χ4v) is 6.03. The second kappa shape index (κ2) is 40.8. The smallest absolute Gasteiger partial charge is 0.361 e. The topological polar surface area (TPSA) is 108 Å². The predicted octanol–water partition coefficient (Wildman–Crippen LogP) is 12.2. The normalized spacial score (nSPS) is 13.5. The molecule has 9 nitrogen and oxygen atoms in total. The van der Waals surface area contributed by atoms with Gasteiger partial charge in [-0.3, -0.25) is 9.59 Å². The van der Waals surface area contributed by atoms with Crippen LogP contribution in [0.2, 0.25) is 0 Å². The third-order valence-corrected chi connectivity index (χ3v) is 9.57. The first-order chi connectivity index (χ1) is 28.1. The van der Waals surface area contributed by atoms with Crippen LogP contribution < -0.4 is 0 Å². The first-order valence-electron chi connectivity index (χ1n) is 23.0. The fourth-order valence-electron chi connectivity index (χ4n) is 6.03. The molecule has 334 valence electrons. The molecule has 0 fully saturated rings. The lowest BCUT2D eigenvalue weighted by Gasteiger charge is -2.25. The zero-order chi connectivity index (χ0) is 42.8. The second-order valence-electron chi connectivity index (χ2n) is 16.4. The van der Waals surface area contributed by atoms with E-state index in [1.807, 2.05) is 33.3 Å². The van der Waals surface area contributed by atoms with Crippen molar-refractivity contribution in [1.82, 2.24) is 0 Å². The van der Waals surface area contributed by atoms with E-state index in [9.17, 15) is 19.5 Å². The number of unbranched alkanes of at least 4 members (excludes halogenated alkanes) is 17. The molecular weight excluding hydrogens is 731 g/mol. The summed E-state index contributed by atoms with van der Waals surface area (Å²) in [7, 11) is 5.92. The number of ether oxygens (including phenoxy) is 4. The van der Waals surface area contributed by atoms with Gasteiger partial charge in [0.05, 0.1) is 40.8 Å². The van der Waals surface area contributed by atoms with Gasteiger partial charge in [0.2, 0.25) is 0 Å². The molecule has 0 amide bonds. The first-order valence-corrected chi connectivity index (χ1v) is 23.0. The number of hydrogen-bond acceptors (Lipinski definition) is 7. The molecule has 0 rings (SSSR count). The first kappa shape index (κ1) is 55.0. The Morgan fingerprint density at radius 3 is 1.40 bits per heavy atom. The van der Waals surface area contributed by atoms with Crippen LogP contribution in [0.3, 0.4) is 0 Å². The van der Waals surface area contributed by atoms with Gasteiger partial charge >= 0.3 is 17.9 Å². The summed E-state index contributed by atoms with van der Waals surface area (Å²) in [5.41, 5.74) is 0. The Morgan fingerprint density at radius 1 is 0.534 bits per heavy atom. The van der Waals surface area contributed by atoms with Gasteiger partial charge in [0, 0.05) is 6.42 Å². The Morgan fingerprint density at radius 2 is 0.966 bits per heavy atom. The van der Waals surface area contributed by atoms with Crippen LogP contribution in [0.15, 0.2) is 60.8 Å². The molecule has 0 aliphatic rings. The molecule has 0 aliphatic heterocycles. The third-order valence-electron chi connectivity index (χ3n) is 9.57. The standard InChI is InChI=1S/C49H85NO8/c1-6-8-10-12-14-16-18-20-22-23-24-26-27-29-31-33-35-37-39-46(51)56-43-45(44-57-49(48(53)54)55-42-41-50(3,4)5)58-47(52)40-38-36-34-32-30-28-25-21-19-17-15-13-11-9-7-2/h9,11,15,17,21,25,30,32,36,38,45,49H,6-8,10,12-14,16,18-20,22-24,26-29,31,33-35,37,39-44H2,1-5H3/p+1/b11-9-,17-15-,25-21-,32-30-,38-36-. The molecule has 0 aromatic heterocycles. The molecule has 0 radical (unpaired) electrons. The van der Waals surface area contributed by atoms with Gasteiger partial charge in [-0.05, 0) is 38.5 Å². The largest absolute Gasteiger partial charge is 0.477 e. The van der Waals surface area contributed by atoms with E-state index in [4.69, 9.17) is 18.9 Å².